The molecule has 0 heterocycles. The highest BCUT2D eigenvalue weighted by Gasteiger charge is 2.26. The fourth-order valence-corrected chi connectivity index (χ4v) is 2.25. The lowest BCUT2D eigenvalue weighted by atomic mass is 9.82. The molecule has 106 valence electrons. The fraction of sp³-hybridized carbons (Fsp3) is 0.923. The van der Waals surface area contributed by atoms with Gasteiger partial charge in [0.1, 0.15) is 5.84 Å². The van der Waals surface area contributed by atoms with Gasteiger partial charge in [-0.2, -0.15) is 0 Å². The summed E-state index contributed by atoms with van der Waals surface area (Å²) in [5, 5.41) is 24.3. The Balaban J connectivity index is 1.98. The van der Waals surface area contributed by atoms with Gasteiger partial charge in [-0.1, -0.05) is 25.4 Å². The van der Waals surface area contributed by atoms with Crippen LogP contribution in [0.4, 0.5) is 0 Å². The minimum Gasteiger partial charge on any atom is -0.409 e. The van der Waals surface area contributed by atoms with Crippen LogP contribution in [0.2, 0.25) is 0 Å². The Morgan fingerprint density at radius 1 is 1.39 bits per heavy atom. The second kappa shape index (κ2) is 6.95. The van der Waals surface area contributed by atoms with E-state index in [1.54, 1.807) is 0 Å². The summed E-state index contributed by atoms with van der Waals surface area (Å²) in [6, 6.07) is 0. The first-order valence-electron chi connectivity index (χ1n) is 6.82. The first-order valence-corrected chi connectivity index (χ1v) is 6.82. The van der Waals surface area contributed by atoms with Crippen molar-refractivity contribution in [1.29, 1.82) is 0 Å². The molecule has 0 aromatic carbocycles. The van der Waals surface area contributed by atoms with E-state index in [9.17, 15) is 0 Å². The van der Waals surface area contributed by atoms with E-state index in [0.29, 0.717) is 11.8 Å². The molecule has 0 aromatic rings. The Labute approximate surface area is 109 Å². The molecule has 0 radical (unpaired) electrons. The van der Waals surface area contributed by atoms with E-state index in [1.165, 1.54) is 0 Å². The van der Waals surface area contributed by atoms with Gasteiger partial charge < -0.3 is 21.4 Å². The maximum Gasteiger partial charge on any atom is 0.144 e. The number of aliphatic hydroxyl groups excluding tert-OH is 1. The highest BCUT2D eigenvalue weighted by Crippen LogP contribution is 2.26. The molecule has 5 N–H and O–H groups in total. The predicted octanol–water partition coefficient (Wildman–Crippen LogP) is 1.29. The van der Waals surface area contributed by atoms with Gasteiger partial charge in [-0.3, -0.25) is 0 Å². The van der Waals surface area contributed by atoms with Crippen molar-refractivity contribution in [3.63, 3.8) is 0 Å². The number of aliphatic hydroxyl groups is 1. The van der Waals surface area contributed by atoms with E-state index in [-0.39, 0.29) is 11.5 Å². The zero-order valence-corrected chi connectivity index (χ0v) is 11.5. The molecule has 1 rings (SSSR count). The first kappa shape index (κ1) is 15.2. The molecule has 1 aliphatic carbocycles. The van der Waals surface area contributed by atoms with Crippen LogP contribution >= 0.6 is 0 Å². The molecule has 0 amide bonds. The molecule has 0 saturated heterocycles. The van der Waals surface area contributed by atoms with Crippen molar-refractivity contribution in [1.82, 2.24) is 5.32 Å². The van der Waals surface area contributed by atoms with Gasteiger partial charge in [0.25, 0.3) is 0 Å². The second-order valence-corrected chi connectivity index (χ2v) is 6.02. The topological polar surface area (TPSA) is 90.9 Å². The molecule has 0 aromatic heterocycles. The largest absolute Gasteiger partial charge is 0.409 e. The van der Waals surface area contributed by atoms with Crippen LogP contribution in [-0.4, -0.2) is 35.3 Å². The molecule has 0 unspecified atom stereocenters. The minimum atomic E-state index is -0.229. The summed E-state index contributed by atoms with van der Waals surface area (Å²) < 4.78 is 0. The van der Waals surface area contributed by atoms with Crippen LogP contribution in [0.15, 0.2) is 5.16 Å². The molecule has 5 heteroatoms. The Hall–Kier alpha value is -0.810. The third-order valence-electron chi connectivity index (χ3n) is 3.85. The summed E-state index contributed by atoms with van der Waals surface area (Å²) >= 11 is 0. The number of oxime groups is 1. The van der Waals surface area contributed by atoms with Crippen molar-refractivity contribution in [2.75, 3.05) is 13.1 Å². The number of nitrogens with zero attached hydrogens (tertiary/aromatic N) is 1. The van der Waals surface area contributed by atoms with Gasteiger partial charge >= 0.3 is 0 Å². The Kier molecular flexibility index (Phi) is 5.88. The third-order valence-corrected chi connectivity index (χ3v) is 3.85. The molecule has 1 saturated carbocycles. The van der Waals surface area contributed by atoms with E-state index in [1.807, 2.05) is 13.8 Å². The fourth-order valence-electron chi connectivity index (χ4n) is 2.25. The molecule has 0 atom stereocenters. The van der Waals surface area contributed by atoms with E-state index in [2.05, 4.69) is 10.5 Å². The maximum atomic E-state index is 9.15. The number of hydrogen-bond donors (Lipinski definition) is 4. The molecule has 0 bridgehead atoms. The number of hydrogen-bond acceptors (Lipinski definition) is 4. The van der Waals surface area contributed by atoms with Crippen molar-refractivity contribution < 1.29 is 10.3 Å². The smallest absolute Gasteiger partial charge is 0.144 e. The van der Waals surface area contributed by atoms with Gasteiger partial charge in [0.15, 0.2) is 0 Å². The minimum absolute atomic E-state index is 0.0571. The number of nitrogens with two attached hydrogens (primary N) is 1. The molecule has 5 nitrogen and oxygen atoms in total. The van der Waals surface area contributed by atoms with E-state index in [0.717, 1.165) is 45.2 Å². The number of rotatable bonds is 8. The van der Waals surface area contributed by atoms with Gasteiger partial charge in [-0.05, 0) is 44.7 Å². The number of amidine groups is 1. The SMILES string of the molecule is CC(C)(CCCCNCC1CC(O)C1)C(N)=NO. The lowest BCUT2D eigenvalue weighted by molar-refractivity contribution is 0.0431. The molecule has 18 heavy (non-hydrogen) atoms. The molecular weight excluding hydrogens is 230 g/mol. The van der Waals surface area contributed by atoms with Crippen LogP contribution in [0, 0.1) is 11.3 Å². The van der Waals surface area contributed by atoms with Crippen LogP contribution in [0.1, 0.15) is 46.0 Å². The zero-order chi connectivity index (χ0) is 13.6. The molecule has 1 fully saturated rings. The van der Waals surface area contributed by atoms with E-state index in [4.69, 9.17) is 16.0 Å². The lowest BCUT2D eigenvalue weighted by Crippen LogP contribution is -2.36. The predicted molar refractivity (Wildman–Crippen MR) is 72.6 cm³/mol. The highest BCUT2D eigenvalue weighted by atomic mass is 16.4. The van der Waals surface area contributed by atoms with Crippen LogP contribution in [-0.2, 0) is 0 Å². The van der Waals surface area contributed by atoms with Crippen molar-refractivity contribution >= 4 is 5.84 Å². The van der Waals surface area contributed by atoms with Gasteiger partial charge in [0, 0.05) is 5.41 Å². The normalized spacial score (nSPS) is 24.9. The highest BCUT2D eigenvalue weighted by molar-refractivity contribution is 5.85. The summed E-state index contributed by atoms with van der Waals surface area (Å²) in [7, 11) is 0. The lowest BCUT2D eigenvalue weighted by Gasteiger charge is -2.31. The molecular formula is C13H27N3O2. The average molecular weight is 257 g/mol. The van der Waals surface area contributed by atoms with Crippen molar-refractivity contribution in [2.45, 2.75) is 52.1 Å². The average Bonchev–Trinajstić information content (AvgIpc) is 2.29. The molecule has 1 aliphatic rings. The van der Waals surface area contributed by atoms with Crippen molar-refractivity contribution in [2.24, 2.45) is 22.2 Å². The summed E-state index contributed by atoms with van der Waals surface area (Å²) in [6.45, 7) is 6.00. The zero-order valence-electron chi connectivity index (χ0n) is 11.5. The summed E-state index contributed by atoms with van der Waals surface area (Å²) in [4.78, 5) is 0. The Morgan fingerprint density at radius 2 is 2.06 bits per heavy atom. The molecule has 0 aliphatic heterocycles. The van der Waals surface area contributed by atoms with Gasteiger partial charge in [0.2, 0.25) is 0 Å². The second-order valence-electron chi connectivity index (χ2n) is 6.02. The van der Waals surface area contributed by atoms with Gasteiger partial charge in [-0.15, -0.1) is 0 Å². The standard InChI is InChI=1S/C13H27N3O2/c1-13(2,12(14)16-18)5-3-4-6-15-9-10-7-11(17)8-10/h10-11,15,17-18H,3-9H2,1-2H3,(H2,14,16). The summed E-state index contributed by atoms with van der Waals surface area (Å²) in [6.07, 6.45) is 4.92. The molecule has 0 spiro atoms. The Bertz CT molecular complexity index is 273. The van der Waals surface area contributed by atoms with Crippen LogP contribution in [0.3, 0.4) is 0 Å². The summed E-state index contributed by atoms with van der Waals surface area (Å²) in [5.41, 5.74) is 5.40. The summed E-state index contributed by atoms with van der Waals surface area (Å²) in [5.74, 6) is 0.965. The Morgan fingerprint density at radius 3 is 2.61 bits per heavy atom. The maximum absolute atomic E-state index is 9.15. The quantitative estimate of drug-likeness (QED) is 0.173. The number of nitrogens with one attached hydrogen (secondary N) is 1. The van der Waals surface area contributed by atoms with Gasteiger partial charge in [-0.25, -0.2) is 0 Å². The third kappa shape index (κ3) is 4.82. The van der Waals surface area contributed by atoms with Crippen LogP contribution < -0.4 is 11.1 Å². The van der Waals surface area contributed by atoms with E-state index >= 15 is 0 Å². The van der Waals surface area contributed by atoms with Crippen LogP contribution in [0.25, 0.3) is 0 Å². The first-order chi connectivity index (χ1) is 8.45. The van der Waals surface area contributed by atoms with E-state index < -0.39 is 0 Å². The van der Waals surface area contributed by atoms with Crippen molar-refractivity contribution in [3.05, 3.63) is 0 Å². The van der Waals surface area contributed by atoms with Gasteiger partial charge in [0.05, 0.1) is 6.10 Å². The monoisotopic (exact) mass is 257 g/mol. The van der Waals surface area contributed by atoms with Crippen LogP contribution in [0.5, 0.6) is 0 Å². The van der Waals surface area contributed by atoms with Crippen molar-refractivity contribution in [3.8, 4) is 0 Å². The number of unbranched alkanes of at least 4 members (excludes halogenated alkanes) is 1.